The Morgan fingerprint density at radius 2 is 2.06 bits per heavy atom. The third kappa shape index (κ3) is 3.23. The Kier molecular flexibility index (Phi) is 5.00. The second-order valence-electron chi connectivity index (χ2n) is 4.84. The van der Waals surface area contributed by atoms with Gasteiger partial charge in [-0.1, -0.05) is 25.0 Å². The zero-order valence-corrected chi connectivity index (χ0v) is 12.5. The minimum Gasteiger partial charge on any atom is -0.348 e. The number of carbonyl (C=O) groups excluding carboxylic acids is 1. The van der Waals surface area contributed by atoms with Crippen LogP contribution in [0, 0.1) is 9.49 Å². The first-order valence-electron chi connectivity index (χ1n) is 6.48. The largest absolute Gasteiger partial charge is 0.348 e. The van der Waals surface area contributed by atoms with Crippen molar-refractivity contribution in [3.63, 3.8) is 0 Å². The minimum atomic E-state index is 0.00218. The van der Waals surface area contributed by atoms with E-state index in [0.717, 1.165) is 9.13 Å². The van der Waals surface area contributed by atoms with Crippen LogP contribution in [0.15, 0.2) is 24.3 Å². The molecule has 0 bridgehead atoms. The van der Waals surface area contributed by atoms with E-state index in [9.17, 15) is 4.79 Å². The Labute approximate surface area is 122 Å². The molecule has 0 aliphatic heterocycles. The average molecular weight is 358 g/mol. The highest BCUT2D eigenvalue weighted by Gasteiger charge is 2.25. The lowest BCUT2D eigenvalue weighted by Gasteiger charge is -2.23. The molecule has 3 nitrogen and oxygen atoms in total. The van der Waals surface area contributed by atoms with Gasteiger partial charge in [0.2, 0.25) is 0 Å². The molecular formula is C14H19IN2O. The molecule has 4 heteroatoms. The topological polar surface area (TPSA) is 55.1 Å². The number of benzene rings is 1. The van der Waals surface area contributed by atoms with Gasteiger partial charge in [-0.05, 0) is 53.5 Å². The van der Waals surface area contributed by atoms with Crippen molar-refractivity contribution in [2.75, 3.05) is 6.54 Å². The molecule has 0 aromatic heterocycles. The van der Waals surface area contributed by atoms with Gasteiger partial charge in [0.1, 0.15) is 0 Å². The van der Waals surface area contributed by atoms with E-state index in [1.54, 1.807) is 0 Å². The van der Waals surface area contributed by atoms with Gasteiger partial charge in [-0.2, -0.15) is 0 Å². The van der Waals surface area contributed by atoms with Crippen molar-refractivity contribution in [3.8, 4) is 0 Å². The number of halogens is 1. The molecule has 1 aliphatic rings. The van der Waals surface area contributed by atoms with E-state index in [1.807, 2.05) is 24.3 Å². The summed E-state index contributed by atoms with van der Waals surface area (Å²) in [5, 5.41) is 3.10. The molecule has 1 aliphatic carbocycles. The molecule has 3 N–H and O–H groups in total. The molecule has 0 saturated heterocycles. The van der Waals surface area contributed by atoms with Crippen LogP contribution in [0.5, 0.6) is 0 Å². The summed E-state index contributed by atoms with van der Waals surface area (Å²) in [6.07, 6.45) is 4.90. The van der Waals surface area contributed by atoms with Crippen molar-refractivity contribution in [1.82, 2.24) is 5.32 Å². The first kappa shape index (κ1) is 13.8. The second kappa shape index (κ2) is 6.52. The highest BCUT2D eigenvalue weighted by Crippen LogP contribution is 2.27. The molecule has 1 aromatic rings. The van der Waals surface area contributed by atoms with Gasteiger partial charge in [0.05, 0.1) is 5.56 Å². The normalized spacial score (nSPS) is 17.7. The molecule has 0 radical (unpaired) electrons. The molecule has 2 rings (SSSR count). The number of hydrogen-bond acceptors (Lipinski definition) is 2. The third-order valence-corrected chi connectivity index (χ3v) is 4.60. The number of nitrogens with one attached hydrogen (secondary N) is 1. The molecule has 1 fully saturated rings. The van der Waals surface area contributed by atoms with E-state index in [2.05, 4.69) is 27.9 Å². The number of hydrogen-bond donors (Lipinski definition) is 2. The summed E-state index contributed by atoms with van der Waals surface area (Å²) < 4.78 is 0.981. The average Bonchev–Trinajstić information content (AvgIpc) is 2.90. The van der Waals surface area contributed by atoms with Gasteiger partial charge in [-0.3, -0.25) is 4.79 Å². The minimum absolute atomic E-state index is 0.00218. The Hall–Kier alpha value is -0.620. The van der Waals surface area contributed by atoms with Gasteiger partial charge < -0.3 is 11.1 Å². The Balaban J connectivity index is 2.03. The summed E-state index contributed by atoms with van der Waals surface area (Å²) in [4.78, 5) is 12.2. The van der Waals surface area contributed by atoms with Crippen molar-refractivity contribution in [2.45, 2.75) is 31.7 Å². The quantitative estimate of drug-likeness (QED) is 0.813. The fourth-order valence-electron chi connectivity index (χ4n) is 2.62. The van der Waals surface area contributed by atoms with Crippen LogP contribution in [0.1, 0.15) is 36.0 Å². The summed E-state index contributed by atoms with van der Waals surface area (Å²) in [7, 11) is 0. The predicted octanol–water partition coefficient (Wildman–Crippen LogP) is 2.54. The molecule has 0 heterocycles. The van der Waals surface area contributed by atoms with Gasteiger partial charge in [0.25, 0.3) is 5.91 Å². The van der Waals surface area contributed by atoms with Gasteiger partial charge in [-0.15, -0.1) is 0 Å². The van der Waals surface area contributed by atoms with Crippen molar-refractivity contribution in [1.29, 1.82) is 0 Å². The number of amides is 1. The lowest BCUT2D eigenvalue weighted by Crippen LogP contribution is -2.44. The summed E-state index contributed by atoms with van der Waals surface area (Å²) in [5.41, 5.74) is 6.55. The molecule has 1 unspecified atom stereocenters. The first-order valence-corrected chi connectivity index (χ1v) is 7.55. The molecule has 1 aromatic carbocycles. The van der Waals surface area contributed by atoms with Crippen LogP contribution in [-0.2, 0) is 0 Å². The lowest BCUT2D eigenvalue weighted by atomic mass is 9.98. The van der Waals surface area contributed by atoms with Crippen LogP contribution in [-0.4, -0.2) is 18.5 Å². The Morgan fingerprint density at radius 1 is 1.39 bits per heavy atom. The number of carbonyl (C=O) groups is 1. The molecule has 1 amide bonds. The molecular weight excluding hydrogens is 339 g/mol. The molecule has 18 heavy (non-hydrogen) atoms. The van der Waals surface area contributed by atoms with Crippen molar-refractivity contribution in [2.24, 2.45) is 11.7 Å². The van der Waals surface area contributed by atoms with E-state index in [4.69, 9.17) is 5.73 Å². The zero-order valence-electron chi connectivity index (χ0n) is 10.4. The standard InChI is InChI=1S/C14H19IN2O/c15-12-8-4-3-7-11(12)14(18)17-13(9-16)10-5-1-2-6-10/h3-4,7-8,10,13H,1-2,5-6,9,16H2,(H,17,18). The van der Waals surface area contributed by atoms with Crippen molar-refractivity contribution in [3.05, 3.63) is 33.4 Å². The summed E-state index contributed by atoms with van der Waals surface area (Å²) in [6, 6.07) is 7.76. The van der Waals surface area contributed by atoms with Crippen LogP contribution in [0.2, 0.25) is 0 Å². The fraction of sp³-hybridized carbons (Fsp3) is 0.500. The maximum absolute atomic E-state index is 12.2. The highest BCUT2D eigenvalue weighted by molar-refractivity contribution is 14.1. The van der Waals surface area contributed by atoms with E-state index < -0.39 is 0 Å². The van der Waals surface area contributed by atoms with E-state index in [0.29, 0.717) is 12.5 Å². The van der Waals surface area contributed by atoms with Gasteiger partial charge in [0, 0.05) is 16.2 Å². The molecule has 1 saturated carbocycles. The van der Waals surface area contributed by atoms with Crippen molar-refractivity contribution >= 4 is 28.5 Å². The van der Waals surface area contributed by atoms with Crippen LogP contribution in [0.4, 0.5) is 0 Å². The van der Waals surface area contributed by atoms with E-state index >= 15 is 0 Å². The van der Waals surface area contributed by atoms with Crippen molar-refractivity contribution < 1.29 is 4.79 Å². The second-order valence-corrected chi connectivity index (χ2v) is 6.00. The summed E-state index contributed by atoms with van der Waals surface area (Å²) in [6.45, 7) is 0.528. The van der Waals surface area contributed by atoms with Gasteiger partial charge in [0.15, 0.2) is 0 Å². The van der Waals surface area contributed by atoms with Crippen LogP contribution in [0.3, 0.4) is 0 Å². The zero-order chi connectivity index (χ0) is 13.0. The Bertz CT molecular complexity index is 416. The first-order chi connectivity index (χ1) is 8.72. The van der Waals surface area contributed by atoms with E-state index in [1.165, 1.54) is 25.7 Å². The highest BCUT2D eigenvalue weighted by atomic mass is 127. The SMILES string of the molecule is NCC(NC(=O)c1ccccc1I)C1CCCC1. The van der Waals surface area contributed by atoms with Crippen LogP contribution >= 0.6 is 22.6 Å². The molecule has 98 valence electrons. The summed E-state index contributed by atoms with van der Waals surface area (Å²) in [5.74, 6) is 0.558. The van der Waals surface area contributed by atoms with Crippen LogP contribution in [0.25, 0.3) is 0 Å². The van der Waals surface area contributed by atoms with E-state index in [-0.39, 0.29) is 11.9 Å². The van der Waals surface area contributed by atoms with Crippen LogP contribution < -0.4 is 11.1 Å². The maximum Gasteiger partial charge on any atom is 0.252 e. The van der Waals surface area contributed by atoms with Gasteiger partial charge in [-0.25, -0.2) is 0 Å². The monoisotopic (exact) mass is 358 g/mol. The fourth-order valence-corrected chi connectivity index (χ4v) is 3.25. The predicted molar refractivity (Wildman–Crippen MR) is 81.4 cm³/mol. The molecule has 0 spiro atoms. The maximum atomic E-state index is 12.2. The summed E-state index contributed by atoms with van der Waals surface area (Å²) >= 11 is 2.19. The number of nitrogens with two attached hydrogens (primary N) is 1. The lowest BCUT2D eigenvalue weighted by molar-refractivity contribution is 0.0923. The van der Waals surface area contributed by atoms with Gasteiger partial charge >= 0.3 is 0 Å². The number of rotatable bonds is 4. The third-order valence-electron chi connectivity index (χ3n) is 3.66. The smallest absolute Gasteiger partial charge is 0.252 e. The molecule has 1 atom stereocenters. The Morgan fingerprint density at radius 3 is 2.67 bits per heavy atom.